The summed E-state index contributed by atoms with van der Waals surface area (Å²) in [5.41, 5.74) is 3.41. The van der Waals surface area contributed by atoms with Crippen LogP contribution in [0.5, 0.6) is 0 Å². The van der Waals surface area contributed by atoms with E-state index in [9.17, 15) is 10.4 Å². The topological polar surface area (TPSA) is 44.0 Å². The number of nitrogens with zero attached hydrogens (tertiary/aromatic N) is 1. The highest BCUT2D eigenvalue weighted by Crippen LogP contribution is 2.62. The number of aliphatic hydroxyl groups excluding tert-OH is 1. The Labute approximate surface area is 115 Å². The highest BCUT2D eigenvalue weighted by molar-refractivity contribution is 5.25. The monoisotopic (exact) mass is 257 g/mol. The van der Waals surface area contributed by atoms with Crippen molar-refractivity contribution >= 4 is 0 Å². The number of rotatable bonds is 0. The minimum absolute atomic E-state index is 0.0515. The molecule has 4 fully saturated rings. The van der Waals surface area contributed by atoms with Gasteiger partial charge in [-0.15, -0.1) is 0 Å². The highest BCUT2D eigenvalue weighted by atomic mass is 16.3. The number of fused-ring (bicyclic) bond motifs is 5. The molecule has 0 saturated heterocycles. The third-order valence-electron chi connectivity index (χ3n) is 6.54. The molecular weight excluding hydrogens is 234 g/mol. The van der Waals surface area contributed by atoms with Gasteiger partial charge in [-0.3, -0.25) is 0 Å². The lowest BCUT2D eigenvalue weighted by molar-refractivity contribution is 0.143. The van der Waals surface area contributed by atoms with E-state index < -0.39 is 0 Å². The van der Waals surface area contributed by atoms with Crippen molar-refractivity contribution < 1.29 is 5.11 Å². The van der Waals surface area contributed by atoms with Crippen LogP contribution in [0.3, 0.4) is 0 Å². The Kier molecular flexibility index (Phi) is 2.74. The zero-order valence-corrected chi connectivity index (χ0v) is 11.5. The lowest BCUT2D eigenvalue weighted by Gasteiger charge is -2.27. The molecule has 2 nitrogen and oxygen atoms in total. The molecule has 0 amide bonds. The first-order valence-corrected chi connectivity index (χ1v) is 8.03. The van der Waals surface area contributed by atoms with Gasteiger partial charge in [0.25, 0.3) is 0 Å². The van der Waals surface area contributed by atoms with Crippen LogP contribution >= 0.6 is 0 Å². The Balaban J connectivity index is 1.53. The molecule has 0 aromatic carbocycles. The van der Waals surface area contributed by atoms with E-state index >= 15 is 0 Å². The van der Waals surface area contributed by atoms with Gasteiger partial charge in [0, 0.05) is 5.92 Å². The Morgan fingerprint density at radius 2 is 1.68 bits per heavy atom. The lowest BCUT2D eigenvalue weighted by Crippen LogP contribution is -2.23. The molecule has 4 aliphatic rings. The fourth-order valence-corrected chi connectivity index (χ4v) is 5.62. The van der Waals surface area contributed by atoms with Crippen molar-refractivity contribution in [3.8, 4) is 6.07 Å². The maximum atomic E-state index is 9.63. The molecule has 0 aliphatic heterocycles. The summed E-state index contributed by atoms with van der Waals surface area (Å²) in [5, 5.41) is 18.9. The first kappa shape index (κ1) is 12.0. The molecule has 0 heterocycles. The minimum Gasteiger partial charge on any atom is -0.393 e. The Hall–Kier alpha value is -0.810. The molecule has 102 valence electrons. The van der Waals surface area contributed by atoms with Crippen molar-refractivity contribution in [1.29, 1.82) is 5.26 Å². The number of nitriles is 1. The van der Waals surface area contributed by atoms with E-state index in [0.717, 1.165) is 43.4 Å². The maximum Gasteiger partial charge on any atom is 0.0658 e. The smallest absolute Gasteiger partial charge is 0.0658 e. The second kappa shape index (κ2) is 4.35. The van der Waals surface area contributed by atoms with Gasteiger partial charge in [-0.05, 0) is 75.0 Å². The molecular formula is C17H23NO. The maximum absolute atomic E-state index is 9.63. The number of hydrogen-bond donors (Lipinski definition) is 1. The van der Waals surface area contributed by atoms with E-state index in [1.54, 1.807) is 11.1 Å². The van der Waals surface area contributed by atoms with Crippen LogP contribution in [0, 0.1) is 40.9 Å². The van der Waals surface area contributed by atoms with Crippen LogP contribution in [0.25, 0.3) is 0 Å². The average Bonchev–Trinajstić information content (AvgIpc) is 3.09. The normalized spacial score (nSPS) is 48.4. The van der Waals surface area contributed by atoms with Crippen molar-refractivity contribution in [3.05, 3.63) is 11.1 Å². The van der Waals surface area contributed by atoms with Crippen LogP contribution in [0.15, 0.2) is 11.1 Å². The molecule has 4 aliphatic carbocycles. The largest absolute Gasteiger partial charge is 0.393 e. The Morgan fingerprint density at radius 3 is 2.42 bits per heavy atom. The van der Waals surface area contributed by atoms with Crippen molar-refractivity contribution in [2.45, 2.75) is 57.5 Å². The van der Waals surface area contributed by atoms with Gasteiger partial charge in [0.15, 0.2) is 0 Å². The van der Waals surface area contributed by atoms with Gasteiger partial charge < -0.3 is 5.11 Å². The van der Waals surface area contributed by atoms with Crippen LogP contribution in [0.2, 0.25) is 0 Å². The summed E-state index contributed by atoms with van der Waals surface area (Å²) in [7, 11) is 0. The van der Waals surface area contributed by atoms with E-state index in [0.29, 0.717) is 11.8 Å². The first-order chi connectivity index (χ1) is 9.26. The average molecular weight is 257 g/mol. The van der Waals surface area contributed by atoms with Gasteiger partial charge in [-0.25, -0.2) is 0 Å². The van der Waals surface area contributed by atoms with Crippen LogP contribution in [-0.4, -0.2) is 11.2 Å². The predicted octanol–water partition coefficient (Wildman–Crippen LogP) is 3.42. The SMILES string of the molecule is N#C[C@H]1C[C@H]2C[C@@H]1[C@@H]1CC(=C3CCC(O)CC3)C[C@H]21. The van der Waals surface area contributed by atoms with Crippen molar-refractivity contribution in [3.63, 3.8) is 0 Å². The number of hydrogen-bond acceptors (Lipinski definition) is 2. The second-order valence-electron chi connectivity index (χ2n) is 7.31. The van der Waals surface area contributed by atoms with Crippen molar-refractivity contribution in [2.24, 2.45) is 29.6 Å². The predicted molar refractivity (Wildman–Crippen MR) is 73.0 cm³/mol. The number of allylic oxidation sites excluding steroid dienone is 2. The summed E-state index contributed by atoms with van der Waals surface area (Å²) in [6.07, 6.45) is 9.30. The molecule has 5 atom stereocenters. The fourth-order valence-electron chi connectivity index (χ4n) is 5.62. The van der Waals surface area contributed by atoms with Crippen LogP contribution in [0.1, 0.15) is 51.4 Å². The van der Waals surface area contributed by atoms with E-state index in [1.165, 1.54) is 25.7 Å². The van der Waals surface area contributed by atoms with Gasteiger partial charge in [0.05, 0.1) is 12.2 Å². The quantitative estimate of drug-likeness (QED) is 0.676. The van der Waals surface area contributed by atoms with Gasteiger partial charge in [-0.2, -0.15) is 5.26 Å². The molecule has 2 heteroatoms. The zero-order chi connectivity index (χ0) is 13.0. The molecule has 0 aromatic heterocycles. The lowest BCUT2D eigenvalue weighted by atomic mass is 9.76. The summed E-state index contributed by atoms with van der Waals surface area (Å²) in [5.74, 6) is 3.67. The molecule has 0 radical (unpaired) electrons. The Bertz CT molecular complexity index is 450. The summed E-state index contributed by atoms with van der Waals surface area (Å²) in [4.78, 5) is 0. The van der Waals surface area contributed by atoms with Crippen LogP contribution in [0.4, 0.5) is 0 Å². The summed E-state index contributed by atoms with van der Waals surface area (Å²) in [6.45, 7) is 0. The highest BCUT2D eigenvalue weighted by Gasteiger charge is 2.55. The van der Waals surface area contributed by atoms with Gasteiger partial charge in [0.1, 0.15) is 0 Å². The minimum atomic E-state index is -0.0515. The zero-order valence-electron chi connectivity index (χ0n) is 11.5. The summed E-state index contributed by atoms with van der Waals surface area (Å²) < 4.78 is 0. The standard InChI is InChI=1S/C17H23NO/c18-9-13-5-12-8-16(13)17-7-11(6-15(12)17)10-1-3-14(19)4-2-10/h12-17,19H,1-8H2/t12-,13+,14?,15+,16-,17+/m0/s1. The molecule has 4 rings (SSSR count). The molecule has 0 aromatic rings. The van der Waals surface area contributed by atoms with E-state index in [1.807, 2.05) is 0 Å². The van der Waals surface area contributed by atoms with Crippen LogP contribution < -0.4 is 0 Å². The van der Waals surface area contributed by atoms with Gasteiger partial charge >= 0.3 is 0 Å². The summed E-state index contributed by atoms with van der Waals surface area (Å²) >= 11 is 0. The second-order valence-corrected chi connectivity index (χ2v) is 7.31. The van der Waals surface area contributed by atoms with Crippen molar-refractivity contribution in [2.75, 3.05) is 0 Å². The van der Waals surface area contributed by atoms with Gasteiger partial charge in [-0.1, -0.05) is 11.1 Å². The Morgan fingerprint density at radius 1 is 0.947 bits per heavy atom. The molecule has 0 unspecified atom stereocenters. The van der Waals surface area contributed by atoms with Crippen molar-refractivity contribution in [1.82, 2.24) is 0 Å². The first-order valence-electron chi connectivity index (χ1n) is 8.03. The van der Waals surface area contributed by atoms with E-state index in [2.05, 4.69) is 6.07 Å². The number of aliphatic hydroxyl groups is 1. The van der Waals surface area contributed by atoms with Crippen LogP contribution in [-0.2, 0) is 0 Å². The van der Waals surface area contributed by atoms with E-state index in [-0.39, 0.29) is 6.10 Å². The summed E-state index contributed by atoms with van der Waals surface area (Å²) in [6, 6.07) is 2.56. The third kappa shape index (κ3) is 1.78. The molecule has 2 bridgehead atoms. The molecule has 1 N–H and O–H groups in total. The fraction of sp³-hybridized carbons (Fsp3) is 0.824. The van der Waals surface area contributed by atoms with E-state index in [4.69, 9.17) is 0 Å². The third-order valence-corrected chi connectivity index (χ3v) is 6.54. The molecule has 19 heavy (non-hydrogen) atoms. The molecule has 4 saturated carbocycles. The van der Waals surface area contributed by atoms with Gasteiger partial charge in [0.2, 0.25) is 0 Å². The molecule has 0 spiro atoms.